The maximum atomic E-state index is 12.9. The molecule has 10 heteroatoms. The number of hydrogen-bond donors (Lipinski definition) is 5. The van der Waals surface area contributed by atoms with E-state index in [-0.39, 0.29) is 5.91 Å². The van der Waals surface area contributed by atoms with Crippen molar-refractivity contribution in [1.82, 2.24) is 21.3 Å². The second kappa shape index (κ2) is 8.53. The normalized spacial score (nSPS) is 17.4. The fraction of sp³-hybridized carbons (Fsp3) is 0.222. The molecule has 6 N–H and O–H groups in total. The van der Waals surface area contributed by atoms with Crippen molar-refractivity contribution in [3.8, 4) is 0 Å². The molecule has 0 saturated carbocycles. The number of hydrogen-bond acceptors (Lipinski definition) is 5. The zero-order valence-electron chi connectivity index (χ0n) is 14.7. The van der Waals surface area contributed by atoms with Crippen molar-refractivity contribution in [1.29, 1.82) is 0 Å². The molecule has 3 atom stereocenters. The highest BCUT2D eigenvalue weighted by Crippen LogP contribution is 2.21. The lowest BCUT2D eigenvalue weighted by Gasteiger charge is -2.29. The van der Waals surface area contributed by atoms with Gasteiger partial charge in [-0.25, -0.2) is 4.79 Å². The lowest BCUT2D eigenvalue weighted by molar-refractivity contribution is -0.135. The molecule has 1 aromatic heterocycles. The van der Waals surface area contributed by atoms with E-state index in [1.807, 2.05) is 0 Å². The van der Waals surface area contributed by atoms with Crippen molar-refractivity contribution in [3.05, 3.63) is 58.3 Å². The van der Waals surface area contributed by atoms with Crippen LogP contribution in [-0.2, 0) is 14.4 Å². The van der Waals surface area contributed by atoms with Crippen molar-refractivity contribution >= 4 is 35.1 Å². The Bertz CT molecular complexity index is 871. The SMILES string of the molecule is NC(=O)NC(C(=O)NC(C(=O)NC1CNC1=O)c1ccccc1)c1cccs1. The second-order valence-electron chi connectivity index (χ2n) is 6.12. The van der Waals surface area contributed by atoms with Gasteiger partial charge >= 0.3 is 6.03 Å². The number of thiophene rings is 1. The van der Waals surface area contributed by atoms with Gasteiger partial charge in [0.2, 0.25) is 17.7 Å². The van der Waals surface area contributed by atoms with Crippen LogP contribution in [-0.4, -0.2) is 36.3 Å². The third-order valence-corrected chi connectivity index (χ3v) is 5.11. The number of nitrogens with two attached hydrogens (primary N) is 1. The summed E-state index contributed by atoms with van der Waals surface area (Å²) in [7, 11) is 0. The molecule has 1 saturated heterocycles. The predicted octanol–water partition coefficient (Wildman–Crippen LogP) is -0.0704. The number of urea groups is 1. The second-order valence-corrected chi connectivity index (χ2v) is 7.09. The average Bonchev–Trinajstić information content (AvgIpc) is 3.21. The maximum Gasteiger partial charge on any atom is 0.313 e. The number of primary amides is 1. The first-order chi connectivity index (χ1) is 13.5. The first-order valence-corrected chi connectivity index (χ1v) is 9.36. The Balaban J connectivity index is 1.81. The van der Waals surface area contributed by atoms with E-state index in [1.54, 1.807) is 47.8 Å². The Morgan fingerprint density at radius 1 is 1.04 bits per heavy atom. The molecule has 1 aliphatic rings. The lowest BCUT2D eigenvalue weighted by Crippen LogP contribution is -2.63. The molecule has 2 aromatic rings. The van der Waals surface area contributed by atoms with Gasteiger partial charge in [-0.05, 0) is 17.0 Å². The Kier molecular flexibility index (Phi) is 5.90. The fourth-order valence-corrected chi connectivity index (χ4v) is 3.47. The lowest BCUT2D eigenvalue weighted by atomic mass is 10.0. The Labute approximate surface area is 164 Å². The van der Waals surface area contributed by atoms with Crippen LogP contribution in [0.1, 0.15) is 22.5 Å². The molecule has 0 aliphatic carbocycles. The highest BCUT2D eigenvalue weighted by Gasteiger charge is 2.34. The molecule has 28 heavy (non-hydrogen) atoms. The van der Waals surface area contributed by atoms with Crippen LogP contribution < -0.4 is 27.0 Å². The summed E-state index contributed by atoms with van der Waals surface area (Å²) in [5.41, 5.74) is 5.74. The van der Waals surface area contributed by atoms with Gasteiger partial charge in [-0.15, -0.1) is 11.3 Å². The summed E-state index contributed by atoms with van der Waals surface area (Å²) in [6.45, 7) is 0.334. The highest BCUT2D eigenvalue weighted by atomic mass is 32.1. The van der Waals surface area contributed by atoms with Crippen LogP contribution in [0.4, 0.5) is 4.79 Å². The number of nitrogens with one attached hydrogen (secondary N) is 4. The van der Waals surface area contributed by atoms with E-state index in [0.717, 1.165) is 0 Å². The molecule has 3 rings (SSSR count). The summed E-state index contributed by atoms with van der Waals surface area (Å²) >= 11 is 1.27. The molecule has 0 spiro atoms. The quantitative estimate of drug-likeness (QED) is 0.414. The fourth-order valence-electron chi connectivity index (χ4n) is 2.69. The zero-order valence-corrected chi connectivity index (χ0v) is 15.5. The Morgan fingerprint density at radius 2 is 1.79 bits per heavy atom. The van der Waals surface area contributed by atoms with Crippen LogP contribution in [0.25, 0.3) is 0 Å². The molecule has 9 nitrogen and oxygen atoms in total. The molecule has 3 unspecified atom stereocenters. The smallest absolute Gasteiger partial charge is 0.313 e. The average molecular weight is 401 g/mol. The van der Waals surface area contributed by atoms with Gasteiger partial charge in [-0.2, -0.15) is 0 Å². The molecule has 0 bridgehead atoms. The van der Waals surface area contributed by atoms with E-state index in [2.05, 4.69) is 21.3 Å². The van der Waals surface area contributed by atoms with Crippen LogP contribution in [0.2, 0.25) is 0 Å². The van der Waals surface area contributed by atoms with E-state index in [0.29, 0.717) is 17.0 Å². The largest absolute Gasteiger partial charge is 0.352 e. The summed E-state index contributed by atoms with van der Waals surface area (Å²) < 4.78 is 0. The van der Waals surface area contributed by atoms with Crippen molar-refractivity contribution in [3.63, 3.8) is 0 Å². The molecule has 1 fully saturated rings. The van der Waals surface area contributed by atoms with Gasteiger partial charge in [0.1, 0.15) is 18.1 Å². The van der Waals surface area contributed by atoms with E-state index in [1.165, 1.54) is 11.3 Å². The minimum absolute atomic E-state index is 0.279. The van der Waals surface area contributed by atoms with Gasteiger partial charge in [-0.1, -0.05) is 36.4 Å². The molecule has 1 aromatic carbocycles. The van der Waals surface area contributed by atoms with Crippen LogP contribution >= 0.6 is 11.3 Å². The molecule has 2 heterocycles. The first-order valence-electron chi connectivity index (χ1n) is 8.48. The molecule has 5 amide bonds. The standard InChI is InChI=1S/C18H19N5O4S/c19-18(27)23-14(12-7-4-8-28-12)17(26)22-13(10-5-2-1-3-6-10)16(25)21-11-9-20-15(11)24/h1-8,11,13-14H,9H2,(H,20,24)(H,21,25)(H,22,26)(H3,19,23,27). The maximum absolute atomic E-state index is 12.9. The molecule has 1 aliphatic heterocycles. The van der Waals surface area contributed by atoms with E-state index in [4.69, 9.17) is 5.73 Å². The third kappa shape index (κ3) is 4.46. The Morgan fingerprint density at radius 3 is 2.32 bits per heavy atom. The minimum Gasteiger partial charge on any atom is -0.352 e. The highest BCUT2D eigenvalue weighted by molar-refractivity contribution is 7.10. The predicted molar refractivity (Wildman–Crippen MR) is 102 cm³/mol. The number of amides is 5. The summed E-state index contributed by atoms with van der Waals surface area (Å²) in [6, 6.07) is 8.46. The first kappa shape index (κ1) is 19.4. The van der Waals surface area contributed by atoms with Gasteiger partial charge in [-0.3, -0.25) is 14.4 Å². The van der Waals surface area contributed by atoms with Gasteiger partial charge in [0.25, 0.3) is 0 Å². The zero-order chi connectivity index (χ0) is 20.1. The number of benzene rings is 1. The molecular weight excluding hydrogens is 382 g/mol. The van der Waals surface area contributed by atoms with Gasteiger partial charge in [0.05, 0.1) is 0 Å². The summed E-state index contributed by atoms with van der Waals surface area (Å²) in [4.78, 5) is 49.0. The molecular formula is C18H19N5O4S. The van der Waals surface area contributed by atoms with E-state index < -0.39 is 36.0 Å². The monoisotopic (exact) mass is 401 g/mol. The summed E-state index contributed by atoms with van der Waals surface area (Å²) in [6.07, 6.45) is 0. The summed E-state index contributed by atoms with van der Waals surface area (Å²) in [5, 5.41) is 11.9. The van der Waals surface area contributed by atoms with Crippen molar-refractivity contribution in [2.24, 2.45) is 5.73 Å². The van der Waals surface area contributed by atoms with Crippen LogP contribution in [0, 0.1) is 0 Å². The topological polar surface area (TPSA) is 142 Å². The molecule has 146 valence electrons. The van der Waals surface area contributed by atoms with Gasteiger partial charge in [0, 0.05) is 11.4 Å². The summed E-state index contributed by atoms with van der Waals surface area (Å²) in [5.74, 6) is -1.40. The van der Waals surface area contributed by atoms with Crippen LogP contribution in [0.3, 0.4) is 0 Å². The molecule has 0 radical (unpaired) electrons. The van der Waals surface area contributed by atoms with Crippen LogP contribution in [0.5, 0.6) is 0 Å². The van der Waals surface area contributed by atoms with E-state index >= 15 is 0 Å². The van der Waals surface area contributed by atoms with Crippen molar-refractivity contribution in [2.75, 3.05) is 6.54 Å². The number of β-lactam (4-membered cyclic amide) rings is 1. The Hall–Kier alpha value is -3.40. The number of carbonyl (C=O) groups is 4. The van der Waals surface area contributed by atoms with Crippen LogP contribution in [0.15, 0.2) is 47.8 Å². The third-order valence-electron chi connectivity index (χ3n) is 4.17. The van der Waals surface area contributed by atoms with Crippen molar-refractivity contribution in [2.45, 2.75) is 18.1 Å². The van der Waals surface area contributed by atoms with Gasteiger partial charge in [0.15, 0.2) is 0 Å². The van der Waals surface area contributed by atoms with Gasteiger partial charge < -0.3 is 27.0 Å². The van der Waals surface area contributed by atoms with Crippen molar-refractivity contribution < 1.29 is 19.2 Å². The number of rotatable bonds is 7. The minimum atomic E-state index is -1.04. The number of carbonyl (C=O) groups excluding carboxylic acids is 4. The van der Waals surface area contributed by atoms with E-state index in [9.17, 15) is 19.2 Å².